The molecule has 0 saturated carbocycles. The van der Waals surface area contributed by atoms with E-state index < -0.39 is 0 Å². The van der Waals surface area contributed by atoms with Crippen LogP contribution < -0.4 is 0 Å². The van der Waals surface area contributed by atoms with Crippen LogP contribution in [0, 0.1) is 17.8 Å². The van der Waals surface area contributed by atoms with E-state index in [2.05, 4.69) is 40.3 Å². The van der Waals surface area contributed by atoms with Crippen molar-refractivity contribution in [3.63, 3.8) is 0 Å². The summed E-state index contributed by atoms with van der Waals surface area (Å²) in [5.74, 6) is 3.50. The smallest absolute Gasteiger partial charge is 0.00696 e. The molecule has 0 heterocycles. The molecule has 0 aliphatic carbocycles. The van der Waals surface area contributed by atoms with Crippen molar-refractivity contribution in [3.8, 4) is 0 Å². The Morgan fingerprint density at radius 2 is 1.45 bits per heavy atom. The third-order valence-corrected chi connectivity index (χ3v) is 3.03. The molecule has 0 radical (unpaired) electrons. The largest absolute Gasteiger partial charge is 0.179 e. The number of hydrogen-bond acceptors (Lipinski definition) is 1. The van der Waals surface area contributed by atoms with Crippen LogP contribution in [0.5, 0.6) is 0 Å². The van der Waals surface area contributed by atoms with Crippen LogP contribution in [0.4, 0.5) is 0 Å². The molecule has 0 amide bonds. The molecular weight excluding hydrogens is 152 g/mol. The predicted molar refractivity (Wildman–Crippen MR) is 56.3 cm³/mol. The van der Waals surface area contributed by atoms with Crippen LogP contribution in [0.2, 0.25) is 0 Å². The van der Waals surface area contributed by atoms with Crippen molar-refractivity contribution in [2.75, 3.05) is 5.75 Å². The monoisotopic (exact) mass is 174 g/mol. The topological polar surface area (TPSA) is 0 Å². The molecule has 0 aromatic rings. The van der Waals surface area contributed by atoms with Gasteiger partial charge in [-0.2, -0.15) is 12.6 Å². The molecule has 11 heavy (non-hydrogen) atoms. The summed E-state index contributed by atoms with van der Waals surface area (Å²) in [5, 5.41) is 0. The van der Waals surface area contributed by atoms with Crippen molar-refractivity contribution >= 4 is 12.6 Å². The first-order valence-corrected chi connectivity index (χ1v) is 5.32. The fourth-order valence-corrected chi connectivity index (χ4v) is 1.42. The van der Waals surface area contributed by atoms with E-state index in [0.717, 1.165) is 23.5 Å². The third kappa shape index (κ3) is 5.60. The van der Waals surface area contributed by atoms with Gasteiger partial charge in [0, 0.05) is 0 Å². The minimum absolute atomic E-state index is 0.775. The minimum Gasteiger partial charge on any atom is -0.179 e. The van der Waals surface area contributed by atoms with Crippen molar-refractivity contribution < 1.29 is 0 Å². The Morgan fingerprint density at radius 3 is 1.82 bits per heavy atom. The Kier molecular flexibility index (Phi) is 6.12. The summed E-state index contributed by atoms with van der Waals surface area (Å²) >= 11 is 4.30. The highest BCUT2D eigenvalue weighted by atomic mass is 32.1. The molecule has 0 rings (SSSR count). The van der Waals surface area contributed by atoms with Gasteiger partial charge in [-0.3, -0.25) is 0 Å². The maximum Gasteiger partial charge on any atom is -0.00696 e. The van der Waals surface area contributed by atoms with Gasteiger partial charge in [0.15, 0.2) is 0 Å². The molecule has 0 bridgehead atoms. The van der Waals surface area contributed by atoms with Gasteiger partial charge in [-0.05, 0) is 23.5 Å². The van der Waals surface area contributed by atoms with Gasteiger partial charge in [0.2, 0.25) is 0 Å². The summed E-state index contributed by atoms with van der Waals surface area (Å²) in [5.41, 5.74) is 0. The molecule has 0 aromatic heterocycles. The lowest BCUT2D eigenvalue weighted by molar-refractivity contribution is 0.363. The summed E-state index contributed by atoms with van der Waals surface area (Å²) in [7, 11) is 0. The predicted octanol–water partition coefficient (Wildman–Crippen LogP) is 3.62. The molecule has 0 N–H and O–H groups in total. The van der Waals surface area contributed by atoms with Gasteiger partial charge in [0.25, 0.3) is 0 Å². The van der Waals surface area contributed by atoms with Crippen molar-refractivity contribution in [3.05, 3.63) is 0 Å². The first-order chi connectivity index (χ1) is 5.07. The van der Waals surface area contributed by atoms with Gasteiger partial charge >= 0.3 is 0 Å². The second-order valence-corrected chi connectivity index (χ2v) is 4.47. The van der Waals surface area contributed by atoms with Gasteiger partial charge in [0.05, 0.1) is 0 Å². The van der Waals surface area contributed by atoms with Crippen LogP contribution in [0.25, 0.3) is 0 Å². The first-order valence-electron chi connectivity index (χ1n) is 4.68. The van der Waals surface area contributed by atoms with E-state index in [1.54, 1.807) is 0 Å². The highest BCUT2D eigenvalue weighted by Gasteiger charge is 2.10. The summed E-state index contributed by atoms with van der Waals surface area (Å²) in [6.45, 7) is 9.21. The van der Waals surface area contributed by atoms with Crippen LogP contribution in [0.1, 0.15) is 40.5 Å². The van der Waals surface area contributed by atoms with E-state index in [-0.39, 0.29) is 0 Å². The normalized spacial score (nSPS) is 16.9. The van der Waals surface area contributed by atoms with E-state index in [4.69, 9.17) is 0 Å². The SMILES string of the molecule is CC(C)CCC(C)C(C)CS. The molecule has 1 heteroatoms. The maximum atomic E-state index is 4.30. The van der Waals surface area contributed by atoms with Crippen LogP contribution in [0.15, 0.2) is 0 Å². The zero-order valence-corrected chi connectivity index (χ0v) is 9.20. The standard InChI is InChI=1S/C10H22S/c1-8(2)5-6-9(3)10(4)7-11/h8-11H,5-7H2,1-4H3. The first kappa shape index (κ1) is 11.4. The summed E-state index contributed by atoms with van der Waals surface area (Å²) in [4.78, 5) is 0. The van der Waals surface area contributed by atoms with E-state index in [0.29, 0.717) is 0 Å². The zero-order valence-electron chi connectivity index (χ0n) is 8.30. The fraction of sp³-hybridized carbons (Fsp3) is 1.00. The van der Waals surface area contributed by atoms with Gasteiger partial charge in [0.1, 0.15) is 0 Å². The van der Waals surface area contributed by atoms with Crippen molar-refractivity contribution in [1.29, 1.82) is 0 Å². The van der Waals surface area contributed by atoms with Crippen LogP contribution in [-0.2, 0) is 0 Å². The molecule has 0 aliphatic rings. The van der Waals surface area contributed by atoms with Gasteiger partial charge in [-0.25, -0.2) is 0 Å². The second kappa shape index (κ2) is 5.93. The number of hydrogen-bond donors (Lipinski definition) is 1. The van der Waals surface area contributed by atoms with E-state index >= 15 is 0 Å². The number of rotatable bonds is 5. The zero-order chi connectivity index (χ0) is 8.85. The van der Waals surface area contributed by atoms with Gasteiger partial charge in [-0.1, -0.05) is 40.5 Å². The highest BCUT2D eigenvalue weighted by molar-refractivity contribution is 7.80. The lowest BCUT2D eigenvalue weighted by Crippen LogP contribution is -2.10. The lowest BCUT2D eigenvalue weighted by atomic mass is 9.90. The Morgan fingerprint density at radius 1 is 0.909 bits per heavy atom. The molecule has 0 aliphatic heterocycles. The van der Waals surface area contributed by atoms with Gasteiger partial charge in [-0.15, -0.1) is 0 Å². The lowest BCUT2D eigenvalue weighted by Gasteiger charge is -2.18. The van der Waals surface area contributed by atoms with E-state index in [1.807, 2.05) is 0 Å². The van der Waals surface area contributed by atoms with Crippen LogP contribution >= 0.6 is 12.6 Å². The minimum atomic E-state index is 0.775. The molecule has 2 unspecified atom stereocenters. The average molecular weight is 174 g/mol. The molecular formula is C10H22S. The van der Waals surface area contributed by atoms with Crippen LogP contribution in [-0.4, -0.2) is 5.75 Å². The van der Waals surface area contributed by atoms with E-state index in [1.165, 1.54) is 12.8 Å². The Hall–Kier alpha value is 0.350. The van der Waals surface area contributed by atoms with Crippen LogP contribution in [0.3, 0.4) is 0 Å². The van der Waals surface area contributed by atoms with Crippen molar-refractivity contribution in [2.24, 2.45) is 17.8 Å². The van der Waals surface area contributed by atoms with Crippen molar-refractivity contribution in [1.82, 2.24) is 0 Å². The summed E-state index contributed by atoms with van der Waals surface area (Å²) in [6.07, 6.45) is 2.72. The maximum absolute atomic E-state index is 4.30. The number of thiol groups is 1. The van der Waals surface area contributed by atoms with E-state index in [9.17, 15) is 0 Å². The highest BCUT2D eigenvalue weighted by Crippen LogP contribution is 2.20. The third-order valence-electron chi connectivity index (χ3n) is 2.46. The molecule has 0 saturated heterocycles. The molecule has 0 nitrogen and oxygen atoms in total. The summed E-state index contributed by atoms with van der Waals surface area (Å²) < 4.78 is 0. The molecule has 2 atom stereocenters. The Balaban J connectivity index is 3.43. The Bertz CT molecular complexity index is 88.9. The quantitative estimate of drug-likeness (QED) is 0.605. The average Bonchev–Trinajstić information content (AvgIpc) is 1.98. The van der Waals surface area contributed by atoms with Gasteiger partial charge < -0.3 is 0 Å². The second-order valence-electron chi connectivity index (χ2n) is 4.11. The molecule has 0 spiro atoms. The fourth-order valence-electron chi connectivity index (χ4n) is 1.06. The van der Waals surface area contributed by atoms with Crippen molar-refractivity contribution in [2.45, 2.75) is 40.5 Å². The molecule has 0 aromatic carbocycles. The molecule has 68 valence electrons. The molecule has 0 fully saturated rings. The summed E-state index contributed by atoms with van der Waals surface area (Å²) in [6, 6.07) is 0. The Labute approximate surface area is 77.2 Å².